The Morgan fingerprint density at radius 3 is 2.52 bits per heavy atom. The maximum atomic E-state index is 12.3. The standard InChI is InChI=1S/C19H19F3N2O2S/c20-19(21,22)27-16-9-6-15(7-10-16)8-11-17(25)23-12-2-4-14-24-13-3-1-5-18(24)26/h1,3,5-11,13H,2,4,12,14H2,(H,23,25). The van der Waals surface area contributed by atoms with Gasteiger partial charge in [0.2, 0.25) is 11.5 Å². The Morgan fingerprint density at radius 1 is 1.11 bits per heavy atom. The maximum Gasteiger partial charge on any atom is 0.446 e. The molecule has 0 aliphatic rings. The van der Waals surface area contributed by atoms with Gasteiger partial charge in [0.15, 0.2) is 0 Å². The van der Waals surface area contributed by atoms with E-state index in [0.717, 1.165) is 12.8 Å². The second-order valence-corrected chi connectivity index (χ2v) is 6.82. The van der Waals surface area contributed by atoms with Crippen molar-refractivity contribution < 1.29 is 18.0 Å². The van der Waals surface area contributed by atoms with Gasteiger partial charge in [-0.15, -0.1) is 0 Å². The molecule has 1 amide bonds. The third-order valence-corrected chi connectivity index (χ3v) is 4.30. The Morgan fingerprint density at radius 2 is 1.85 bits per heavy atom. The molecule has 27 heavy (non-hydrogen) atoms. The number of hydrogen-bond donors (Lipinski definition) is 1. The molecule has 0 spiro atoms. The highest BCUT2D eigenvalue weighted by atomic mass is 32.2. The molecule has 1 aromatic carbocycles. The van der Waals surface area contributed by atoms with Crippen molar-refractivity contribution in [3.05, 3.63) is 70.7 Å². The van der Waals surface area contributed by atoms with Gasteiger partial charge in [0.25, 0.3) is 0 Å². The lowest BCUT2D eigenvalue weighted by Gasteiger charge is -2.06. The van der Waals surface area contributed by atoms with Crippen LogP contribution in [0.4, 0.5) is 13.2 Å². The largest absolute Gasteiger partial charge is 0.446 e. The molecule has 2 rings (SSSR count). The molecule has 2 aromatic rings. The highest BCUT2D eigenvalue weighted by molar-refractivity contribution is 8.00. The highest BCUT2D eigenvalue weighted by Crippen LogP contribution is 2.36. The summed E-state index contributed by atoms with van der Waals surface area (Å²) in [4.78, 5) is 23.4. The zero-order chi connectivity index (χ0) is 19.7. The summed E-state index contributed by atoms with van der Waals surface area (Å²) in [5, 5.41) is 2.73. The maximum absolute atomic E-state index is 12.3. The van der Waals surface area contributed by atoms with Gasteiger partial charge in [0, 0.05) is 36.3 Å². The number of carbonyl (C=O) groups is 1. The van der Waals surface area contributed by atoms with E-state index in [1.807, 2.05) is 0 Å². The molecule has 0 unspecified atom stereocenters. The van der Waals surface area contributed by atoms with Crippen LogP contribution < -0.4 is 10.9 Å². The summed E-state index contributed by atoms with van der Waals surface area (Å²) >= 11 is -0.176. The van der Waals surface area contributed by atoms with Crippen LogP contribution in [-0.2, 0) is 11.3 Å². The molecule has 1 N–H and O–H groups in total. The van der Waals surface area contributed by atoms with Crippen LogP contribution in [0.15, 0.2) is 64.4 Å². The summed E-state index contributed by atoms with van der Waals surface area (Å²) < 4.78 is 38.4. The van der Waals surface area contributed by atoms with Crippen LogP contribution in [0, 0.1) is 0 Å². The Labute approximate surface area is 159 Å². The van der Waals surface area contributed by atoms with Crippen molar-refractivity contribution in [3.8, 4) is 0 Å². The van der Waals surface area contributed by atoms with Crippen molar-refractivity contribution in [2.24, 2.45) is 0 Å². The van der Waals surface area contributed by atoms with Gasteiger partial charge < -0.3 is 9.88 Å². The monoisotopic (exact) mass is 396 g/mol. The van der Waals surface area contributed by atoms with Gasteiger partial charge in [-0.05, 0) is 54.4 Å². The number of amides is 1. The van der Waals surface area contributed by atoms with E-state index in [4.69, 9.17) is 0 Å². The van der Waals surface area contributed by atoms with Gasteiger partial charge in [0.1, 0.15) is 0 Å². The molecule has 0 aliphatic heterocycles. The SMILES string of the molecule is O=C(C=Cc1ccc(SC(F)(F)F)cc1)NCCCCn1ccccc1=O. The fourth-order valence-corrected chi connectivity index (χ4v) is 2.81. The first-order chi connectivity index (χ1) is 12.8. The molecule has 1 heterocycles. The minimum absolute atomic E-state index is 0.0517. The van der Waals surface area contributed by atoms with Gasteiger partial charge in [-0.25, -0.2) is 0 Å². The quantitative estimate of drug-likeness (QED) is 0.416. The number of nitrogens with one attached hydrogen (secondary N) is 1. The molecule has 8 heteroatoms. The first-order valence-corrected chi connectivity index (χ1v) is 9.12. The molecular formula is C19H19F3N2O2S. The summed E-state index contributed by atoms with van der Waals surface area (Å²) in [5.74, 6) is -0.277. The molecule has 1 aromatic heterocycles. The average Bonchev–Trinajstić information content (AvgIpc) is 2.61. The Kier molecular flexibility index (Phi) is 7.72. The van der Waals surface area contributed by atoms with Crippen molar-refractivity contribution in [1.29, 1.82) is 0 Å². The normalized spacial score (nSPS) is 11.7. The van der Waals surface area contributed by atoms with E-state index in [2.05, 4.69) is 5.32 Å². The van der Waals surface area contributed by atoms with Crippen LogP contribution in [0.1, 0.15) is 18.4 Å². The van der Waals surface area contributed by atoms with E-state index in [1.54, 1.807) is 29.0 Å². The van der Waals surface area contributed by atoms with E-state index in [1.165, 1.54) is 36.4 Å². The zero-order valence-electron chi connectivity index (χ0n) is 14.4. The predicted molar refractivity (Wildman–Crippen MR) is 100 cm³/mol. The number of thioether (sulfide) groups is 1. The zero-order valence-corrected chi connectivity index (χ0v) is 15.2. The number of aryl methyl sites for hydroxylation is 1. The summed E-state index contributed by atoms with van der Waals surface area (Å²) in [7, 11) is 0. The van der Waals surface area contributed by atoms with Crippen molar-refractivity contribution in [2.45, 2.75) is 29.8 Å². The number of nitrogens with zero attached hydrogens (tertiary/aromatic N) is 1. The van der Waals surface area contributed by atoms with Crippen LogP contribution in [0.3, 0.4) is 0 Å². The number of pyridine rings is 1. The lowest BCUT2D eigenvalue weighted by atomic mass is 10.2. The summed E-state index contributed by atoms with van der Waals surface area (Å²) in [6.07, 6.45) is 6.09. The molecule has 0 bridgehead atoms. The second kappa shape index (κ2) is 10.0. The van der Waals surface area contributed by atoms with E-state index in [0.29, 0.717) is 18.7 Å². The van der Waals surface area contributed by atoms with E-state index >= 15 is 0 Å². The number of rotatable bonds is 8. The first kappa shape index (κ1) is 20.8. The highest BCUT2D eigenvalue weighted by Gasteiger charge is 2.28. The van der Waals surface area contributed by atoms with Crippen LogP contribution in [0.25, 0.3) is 6.08 Å². The van der Waals surface area contributed by atoms with Crippen LogP contribution >= 0.6 is 11.8 Å². The fraction of sp³-hybridized carbons (Fsp3) is 0.263. The van der Waals surface area contributed by atoms with E-state index < -0.39 is 5.51 Å². The van der Waals surface area contributed by atoms with Crippen molar-refractivity contribution in [1.82, 2.24) is 9.88 Å². The minimum Gasteiger partial charge on any atom is -0.353 e. The Balaban J connectivity index is 1.69. The van der Waals surface area contributed by atoms with Gasteiger partial charge in [-0.3, -0.25) is 9.59 Å². The molecular weight excluding hydrogens is 377 g/mol. The molecule has 0 atom stereocenters. The van der Waals surface area contributed by atoms with Crippen LogP contribution in [-0.4, -0.2) is 22.5 Å². The molecule has 0 fully saturated rings. The molecule has 0 saturated heterocycles. The predicted octanol–water partition coefficient (Wildman–Crippen LogP) is 4.07. The molecule has 4 nitrogen and oxygen atoms in total. The third kappa shape index (κ3) is 8.17. The fourth-order valence-electron chi connectivity index (χ4n) is 2.28. The lowest BCUT2D eigenvalue weighted by molar-refractivity contribution is -0.116. The molecule has 0 radical (unpaired) electrons. The second-order valence-electron chi connectivity index (χ2n) is 5.68. The minimum atomic E-state index is -4.31. The number of alkyl halides is 3. The van der Waals surface area contributed by atoms with Gasteiger partial charge >= 0.3 is 5.51 Å². The van der Waals surface area contributed by atoms with E-state index in [-0.39, 0.29) is 28.1 Å². The third-order valence-electron chi connectivity index (χ3n) is 3.56. The van der Waals surface area contributed by atoms with Gasteiger partial charge in [-0.2, -0.15) is 13.2 Å². The van der Waals surface area contributed by atoms with E-state index in [9.17, 15) is 22.8 Å². The molecule has 0 saturated carbocycles. The first-order valence-electron chi connectivity index (χ1n) is 8.31. The lowest BCUT2D eigenvalue weighted by Crippen LogP contribution is -2.23. The van der Waals surface area contributed by atoms with Crippen molar-refractivity contribution in [3.63, 3.8) is 0 Å². The number of aromatic nitrogens is 1. The summed E-state index contributed by atoms with van der Waals surface area (Å²) in [5.41, 5.74) is -3.73. The topological polar surface area (TPSA) is 51.1 Å². The van der Waals surface area contributed by atoms with Gasteiger partial charge in [0.05, 0.1) is 0 Å². The van der Waals surface area contributed by atoms with Gasteiger partial charge in [-0.1, -0.05) is 18.2 Å². The molecule has 0 aliphatic carbocycles. The summed E-state index contributed by atoms with van der Waals surface area (Å²) in [6.45, 7) is 1.07. The number of halogens is 3. The van der Waals surface area contributed by atoms with Crippen LogP contribution in [0.2, 0.25) is 0 Å². The molecule has 144 valence electrons. The Hall–Kier alpha value is -2.48. The number of hydrogen-bond acceptors (Lipinski definition) is 3. The average molecular weight is 396 g/mol. The smallest absolute Gasteiger partial charge is 0.353 e. The summed E-state index contributed by atoms with van der Waals surface area (Å²) in [6, 6.07) is 10.8. The number of unbranched alkanes of at least 4 members (excludes halogenated alkanes) is 1. The van der Waals surface area contributed by atoms with Crippen molar-refractivity contribution >= 4 is 23.7 Å². The Bertz CT molecular complexity index is 830. The number of carbonyl (C=O) groups excluding carboxylic acids is 1. The van der Waals surface area contributed by atoms with Crippen LogP contribution in [0.5, 0.6) is 0 Å². The number of benzene rings is 1. The van der Waals surface area contributed by atoms with Crippen molar-refractivity contribution in [2.75, 3.05) is 6.54 Å².